The molecule has 1 atom stereocenters. The van der Waals surface area contributed by atoms with E-state index in [4.69, 9.17) is 14.1 Å². The van der Waals surface area contributed by atoms with Crippen molar-refractivity contribution in [3.63, 3.8) is 0 Å². The first-order valence-corrected chi connectivity index (χ1v) is 11.6. The first-order valence-electron chi connectivity index (χ1n) is 10.7. The van der Waals surface area contributed by atoms with Crippen LogP contribution in [0, 0.1) is 6.92 Å². The number of aromatic nitrogens is 1. The van der Waals surface area contributed by atoms with Crippen LogP contribution < -0.4 is 15.6 Å². The molecule has 2 aromatic heterocycles. The van der Waals surface area contributed by atoms with Crippen LogP contribution in [-0.4, -0.2) is 4.98 Å². The molecule has 6 rings (SSSR count). The number of thiazole rings is 1. The summed E-state index contributed by atoms with van der Waals surface area (Å²) in [4.78, 5) is 4.70. The van der Waals surface area contributed by atoms with Crippen molar-refractivity contribution < 1.29 is 9.15 Å². The third-order valence-electron chi connectivity index (χ3n) is 5.61. The van der Waals surface area contributed by atoms with E-state index in [2.05, 4.69) is 48.1 Å². The molecule has 0 aliphatic carbocycles. The van der Waals surface area contributed by atoms with Crippen molar-refractivity contribution in [2.75, 3.05) is 5.43 Å². The molecular formula is C27H21N3O2S. The second kappa shape index (κ2) is 8.15. The molecule has 0 spiro atoms. The zero-order chi connectivity index (χ0) is 22.2. The molecule has 0 unspecified atom stereocenters. The first kappa shape index (κ1) is 19.6. The number of hydrogen-bond donors (Lipinski definition) is 2. The maximum Gasteiger partial charge on any atom is 0.202 e. The second-order valence-corrected chi connectivity index (χ2v) is 8.82. The Balaban J connectivity index is 1.26. The zero-order valence-electron chi connectivity index (χ0n) is 17.9. The Hall–Kier alpha value is -4.03. The van der Waals surface area contributed by atoms with Gasteiger partial charge in [-0.15, -0.1) is 11.3 Å². The molecule has 3 aromatic carbocycles. The summed E-state index contributed by atoms with van der Waals surface area (Å²) in [6.07, 6.45) is 1.92. The highest BCUT2D eigenvalue weighted by Crippen LogP contribution is 2.37. The van der Waals surface area contributed by atoms with Gasteiger partial charge in [-0.2, -0.15) is 0 Å². The number of nitrogens with zero attached hydrogens (tertiary/aromatic N) is 1. The number of benzene rings is 3. The van der Waals surface area contributed by atoms with Crippen LogP contribution in [0.3, 0.4) is 0 Å². The Bertz CT molecular complexity index is 1440. The molecule has 2 N–H and O–H groups in total. The molecule has 162 valence electrons. The van der Waals surface area contributed by atoms with Crippen LogP contribution in [0.15, 0.2) is 94.7 Å². The van der Waals surface area contributed by atoms with Gasteiger partial charge in [0, 0.05) is 16.3 Å². The average molecular weight is 452 g/mol. The molecule has 33 heavy (non-hydrogen) atoms. The molecule has 5 aromatic rings. The van der Waals surface area contributed by atoms with Crippen LogP contribution >= 0.6 is 11.3 Å². The van der Waals surface area contributed by atoms with Crippen molar-refractivity contribution in [1.82, 2.24) is 10.4 Å². The molecule has 0 amide bonds. The minimum atomic E-state index is -0.173. The summed E-state index contributed by atoms with van der Waals surface area (Å²) >= 11 is 1.52. The van der Waals surface area contributed by atoms with E-state index in [1.807, 2.05) is 60.0 Å². The van der Waals surface area contributed by atoms with Crippen molar-refractivity contribution in [2.45, 2.75) is 13.0 Å². The zero-order valence-corrected chi connectivity index (χ0v) is 18.7. The minimum Gasteiger partial charge on any atom is -0.481 e. The third-order valence-corrected chi connectivity index (χ3v) is 6.37. The van der Waals surface area contributed by atoms with Gasteiger partial charge in [0.15, 0.2) is 5.76 Å². The number of para-hydroxylation sites is 1. The van der Waals surface area contributed by atoms with Gasteiger partial charge in [0.1, 0.15) is 23.1 Å². The lowest BCUT2D eigenvalue weighted by Crippen LogP contribution is -2.24. The van der Waals surface area contributed by atoms with Crippen molar-refractivity contribution in [2.24, 2.45) is 0 Å². The fraction of sp³-hybridized carbons (Fsp3) is 0.0741. The number of rotatable bonds is 5. The van der Waals surface area contributed by atoms with Crippen molar-refractivity contribution in [1.29, 1.82) is 0 Å². The number of fused-ring (bicyclic) bond motifs is 2. The van der Waals surface area contributed by atoms with Crippen molar-refractivity contribution in [3.05, 3.63) is 107 Å². The van der Waals surface area contributed by atoms with Gasteiger partial charge in [0.05, 0.1) is 5.70 Å². The highest BCUT2D eigenvalue weighted by Gasteiger charge is 2.22. The maximum absolute atomic E-state index is 6.28. The van der Waals surface area contributed by atoms with E-state index in [9.17, 15) is 0 Å². The Morgan fingerprint density at radius 2 is 1.76 bits per heavy atom. The van der Waals surface area contributed by atoms with E-state index in [0.29, 0.717) is 0 Å². The molecule has 5 nitrogen and oxygen atoms in total. The fourth-order valence-corrected chi connectivity index (χ4v) is 4.61. The number of nitrogens with one attached hydrogen (secondary N) is 2. The third kappa shape index (κ3) is 3.85. The number of hydrazine groups is 1. The Morgan fingerprint density at radius 3 is 2.64 bits per heavy atom. The van der Waals surface area contributed by atoms with E-state index in [1.54, 1.807) is 0 Å². The summed E-state index contributed by atoms with van der Waals surface area (Å²) in [5.41, 5.74) is 12.5. The van der Waals surface area contributed by atoms with Gasteiger partial charge in [-0.1, -0.05) is 60.2 Å². The van der Waals surface area contributed by atoms with Gasteiger partial charge >= 0.3 is 0 Å². The van der Waals surface area contributed by atoms with Crippen LogP contribution in [0.25, 0.3) is 28.1 Å². The molecule has 3 heterocycles. The van der Waals surface area contributed by atoms with Gasteiger partial charge < -0.3 is 9.15 Å². The number of hydrogen-bond acceptors (Lipinski definition) is 6. The highest BCUT2D eigenvalue weighted by molar-refractivity contribution is 7.14. The quantitative estimate of drug-likeness (QED) is 0.283. The molecule has 6 heteroatoms. The van der Waals surface area contributed by atoms with Gasteiger partial charge in [-0.05, 0) is 42.8 Å². The molecular weight excluding hydrogens is 430 g/mol. The largest absolute Gasteiger partial charge is 0.481 e. The van der Waals surface area contributed by atoms with E-state index in [1.165, 1.54) is 16.9 Å². The SMILES string of the molecule is Cc1ccc2c(c1)C(NNc1nc(-c3cc4ccccc4o3)cs1)=C[C@@H](c1ccccc1)O2. The van der Waals surface area contributed by atoms with Crippen molar-refractivity contribution >= 4 is 33.1 Å². The lowest BCUT2D eigenvalue weighted by atomic mass is 10.0. The molecule has 1 aliphatic rings. The number of anilines is 1. The standard InChI is InChI=1S/C27H21N3O2S/c1-17-11-12-24-20(13-17)21(15-25(32-24)18-7-3-2-4-8-18)29-30-27-28-22(16-33-27)26-14-19-9-5-6-10-23(19)31-26/h2-16,25,29H,1H3,(H,28,30)/t25-/m0/s1. The van der Waals surface area contributed by atoms with E-state index in [0.717, 1.165) is 50.1 Å². The Kier molecular flexibility index (Phi) is 4.85. The molecule has 0 saturated carbocycles. The molecule has 0 bridgehead atoms. The highest BCUT2D eigenvalue weighted by atomic mass is 32.1. The summed E-state index contributed by atoms with van der Waals surface area (Å²) in [6, 6.07) is 26.4. The number of furan rings is 1. The molecule has 0 fully saturated rings. The average Bonchev–Trinajstić information content (AvgIpc) is 3.50. The smallest absolute Gasteiger partial charge is 0.202 e. The van der Waals surface area contributed by atoms with E-state index >= 15 is 0 Å². The van der Waals surface area contributed by atoms with Gasteiger partial charge in [-0.25, -0.2) is 4.98 Å². The van der Waals surface area contributed by atoms with Crippen LogP contribution in [0.2, 0.25) is 0 Å². The van der Waals surface area contributed by atoms with Crippen LogP contribution in [0.1, 0.15) is 22.8 Å². The topological polar surface area (TPSA) is 59.3 Å². The minimum absolute atomic E-state index is 0.173. The van der Waals surface area contributed by atoms with Crippen molar-refractivity contribution in [3.8, 4) is 17.2 Å². The lowest BCUT2D eigenvalue weighted by molar-refractivity contribution is 0.250. The van der Waals surface area contributed by atoms with Gasteiger partial charge in [0.2, 0.25) is 5.13 Å². The Morgan fingerprint density at radius 1 is 0.909 bits per heavy atom. The van der Waals surface area contributed by atoms with Crippen LogP contribution in [-0.2, 0) is 0 Å². The second-order valence-electron chi connectivity index (χ2n) is 7.97. The predicted octanol–water partition coefficient (Wildman–Crippen LogP) is 6.96. The molecule has 0 saturated heterocycles. The summed E-state index contributed by atoms with van der Waals surface area (Å²) in [5.74, 6) is 1.61. The summed E-state index contributed by atoms with van der Waals surface area (Å²) in [5, 5.41) is 3.81. The summed E-state index contributed by atoms with van der Waals surface area (Å²) < 4.78 is 12.2. The maximum atomic E-state index is 6.28. The van der Waals surface area contributed by atoms with Crippen LogP contribution in [0.4, 0.5) is 5.13 Å². The van der Waals surface area contributed by atoms with Gasteiger partial charge in [-0.3, -0.25) is 10.9 Å². The number of ether oxygens (including phenoxy) is 1. The summed E-state index contributed by atoms with van der Waals surface area (Å²) in [7, 11) is 0. The lowest BCUT2D eigenvalue weighted by Gasteiger charge is -2.26. The number of aryl methyl sites for hydroxylation is 1. The fourth-order valence-electron chi connectivity index (χ4n) is 3.96. The van der Waals surface area contributed by atoms with E-state index < -0.39 is 0 Å². The van der Waals surface area contributed by atoms with E-state index in [-0.39, 0.29) is 6.10 Å². The molecule has 1 aliphatic heterocycles. The first-order chi connectivity index (χ1) is 16.2. The van der Waals surface area contributed by atoms with Crippen LogP contribution in [0.5, 0.6) is 5.75 Å². The monoisotopic (exact) mass is 451 g/mol. The predicted molar refractivity (Wildman–Crippen MR) is 133 cm³/mol. The Labute approximate surface area is 195 Å². The summed E-state index contributed by atoms with van der Waals surface area (Å²) in [6.45, 7) is 2.08. The normalized spacial score (nSPS) is 14.9. The molecule has 0 radical (unpaired) electrons. The van der Waals surface area contributed by atoms with Gasteiger partial charge in [0.25, 0.3) is 0 Å².